The van der Waals surface area contributed by atoms with Crippen molar-refractivity contribution in [2.45, 2.75) is 45.7 Å². The molecule has 3 heterocycles. The number of piperidine rings is 1. The van der Waals surface area contributed by atoms with Gasteiger partial charge in [0.2, 0.25) is 0 Å². The summed E-state index contributed by atoms with van der Waals surface area (Å²) in [6.07, 6.45) is 5.82. The molecule has 0 atom stereocenters. The van der Waals surface area contributed by atoms with Crippen molar-refractivity contribution in [1.82, 2.24) is 14.8 Å². The van der Waals surface area contributed by atoms with Gasteiger partial charge >= 0.3 is 0 Å². The fraction of sp³-hybridized carbons (Fsp3) is 0.542. The van der Waals surface area contributed by atoms with Crippen LogP contribution in [0.3, 0.4) is 0 Å². The molecule has 0 amide bonds. The van der Waals surface area contributed by atoms with Crippen molar-refractivity contribution in [1.29, 1.82) is 0 Å². The van der Waals surface area contributed by atoms with Gasteiger partial charge in [0.05, 0.1) is 0 Å². The molecule has 0 saturated carbocycles. The minimum atomic E-state index is 0.749. The Morgan fingerprint density at radius 3 is 2.46 bits per heavy atom. The zero-order valence-corrected chi connectivity index (χ0v) is 17.5. The van der Waals surface area contributed by atoms with Crippen LogP contribution in [0.4, 0.5) is 5.82 Å². The van der Waals surface area contributed by atoms with Gasteiger partial charge in [0.25, 0.3) is 0 Å². The van der Waals surface area contributed by atoms with E-state index in [9.17, 15) is 0 Å². The van der Waals surface area contributed by atoms with E-state index in [-0.39, 0.29) is 0 Å². The summed E-state index contributed by atoms with van der Waals surface area (Å²) >= 11 is 0. The second kappa shape index (κ2) is 9.06. The van der Waals surface area contributed by atoms with Gasteiger partial charge in [-0.15, -0.1) is 0 Å². The quantitative estimate of drug-likeness (QED) is 0.805. The van der Waals surface area contributed by atoms with Crippen molar-refractivity contribution >= 4 is 5.82 Å². The van der Waals surface area contributed by atoms with Crippen LogP contribution in [0.25, 0.3) is 0 Å². The molecule has 0 N–H and O–H groups in total. The van der Waals surface area contributed by atoms with Crippen LogP contribution in [0, 0.1) is 13.8 Å². The highest BCUT2D eigenvalue weighted by Gasteiger charge is 2.26. The lowest BCUT2D eigenvalue weighted by Gasteiger charge is -2.38. The maximum absolute atomic E-state index is 4.64. The van der Waals surface area contributed by atoms with Crippen molar-refractivity contribution in [2.24, 2.45) is 0 Å². The predicted octanol–water partition coefficient (Wildman–Crippen LogP) is 3.88. The molecule has 2 aromatic rings. The third-order valence-corrected chi connectivity index (χ3v) is 6.48. The fourth-order valence-electron chi connectivity index (χ4n) is 4.65. The largest absolute Gasteiger partial charge is 0.355 e. The molecule has 150 valence electrons. The molecular formula is C24H34N4. The maximum Gasteiger partial charge on any atom is 0.128 e. The summed E-state index contributed by atoms with van der Waals surface area (Å²) < 4.78 is 0. The van der Waals surface area contributed by atoms with Gasteiger partial charge in [-0.3, -0.25) is 9.80 Å². The van der Waals surface area contributed by atoms with Crippen molar-refractivity contribution in [3.8, 4) is 0 Å². The van der Waals surface area contributed by atoms with Gasteiger partial charge in [-0.25, -0.2) is 4.98 Å². The van der Waals surface area contributed by atoms with Crippen LogP contribution >= 0.6 is 0 Å². The van der Waals surface area contributed by atoms with Crippen LogP contribution in [0.2, 0.25) is 0 Å². The van der Waals surface area contributed by atoms with E-state index in [0.717, 1.165) is 38.0 Å². The minimum Gasteiger partial charge on any atom is -0.355 e. The molecule has 2 saturated heterocycles. The Labute approximate surface area is 170 Å². The highest BCUT2D eigenvalue weighted by atomic mass is 15.3. The fourth-order valence-corrected chi connectivity index (χ4v) is 4.65. The van der Waals surface area contributed by atoms with E-state index >= 15 is 0 Å². The number of anilines is 1. The first-order chi connectivity index (χ1) is 13.7. The summed E-state index contributed by atoms with van der Waals surface area (Å²) in [5, 5.41) is 0. The van der Waals surface area contributed by atoms with Gasteiger partial charge in [0.1, 0.15) is 5.82 Å². The smallest absolute Gasteiger partial charge is 0.128 e. The molecule has 0 bridgehead atoms. The van der Waals surface area contributed by atoms with Crippen LogP contribution in [0.15, 0.2) is 42.6 Å². The van der Waals surface area contributed by atoms with E-state index < -0.39 is 0 Å². The molecule has 4 nitrogen and oxygen atoms in total. The van der Waals surface area contributed by atoms with E-state index in [1.165, 1.54) is 55.6 Å². The first kappa shape index (κ1) is 19.4. The third-order valence-electron chi connectivity index (χ3n) is 6.48. The molecule has 0 unspecified atom stereocenters. The second-order valence-corrected chi connectivity index (χ2v) is 8.50. The summed E-state index contributed by atoms with van der Waals surface area (Å²) in [6, 6.07) is 13.9. The highest BCUT2D eigenvalue weighted by molar-refractivity contribution is 5.39. The number of pyridine rings is 1. The second-order valence-electron chi connectivity index (χ2n) is 8.50. The third kappa shape index (κ3) is 4.73. The Morgan fingerprint density at radius 1 is 0.893 bits per heavy atom. The Morgan fingerprint density at radius 2 is 1.71 bits per heavy atom. The number of hydrogen-bond donors (Lipinski definition) is 0. The molecule has 2 aliphatic rings. The van der Waals surface area contributed by atoms with Crippen LogP contribution in [0.1, 0.15) is 36.0 Å². The van der Waals surface area contributed by atoms with Gasteiger partial charge in [0.15, 0.2) is 0 Å². The molecule has 2 aliphatic heterocycles. The van der Waals surface area contributed by atoms with E-state index in [2.05, 4.69) is 69.9 Å². The normalized spacial score (nSPS) is 20.3. The van der Waals surface area contributed by atoms with Crippen molar-refractivity contribution in [3.05, 3.63) is 59.3 Å². The summed E-state index contributed by atoms with van der Waals surface area (Å²) in [7, 11) is 0. The lowest BCUT2D eigenvalue weighted by Crippen LogP contribution is -2.46. The van der Waals surface area contributed by atoms with Crippen LogP contribution in [0.5, 0.6) is 0 Å². The standard InChI is InChI=1S/C24H34N4/c1-20-8-9-24(25-18-20)28-13-5-12-27(16-17-28)23-10-14-26(15-11-23)19-22-7-4-3-6-21(22)2/h3-4,6-9,18,23H,5,10-17,19H2,1-2H3. The Bertz CT molecular complexity index is 749. The lowest BCUT2D eigenvalue weighted by atomic mass is 10.0. The highest BCUT2D eigenvalue weighted by Crippen LogP contribution is 2.22. The Hall–Kier alpha value is -1.91. The maximum atomic E-state index is 4.64. The van der Waals surface area contributed by atoms with E-state index in [1.807, 2.05) is 6.20 Å². The zero-order valence-electron chi connectivity index (χ0n) is 17.5. The average molecular weight is 379 g/mol. The SMILES string of the molecule is Cc1ccc(N2CCCN(C3CCN(Cc4ccccc4C)CC3)CC2)nc1. The molecule has 2 fully saturated rings. The Balaban J connectivity index is 1.28. The van der Waals surface area contributed by atoms with Crippen molar-refractivity contribution in [3.63, 3.8) is 0 Å². The van der Waals surface area contributed by atoms with Gasteiger partial charge < -0.3 is 4.90 Å². The number of benzene rings is 1. The first-order valence-electron chi connectivity index (χ1n) is 10.9. The zero-order chi connectivity index (χ0) is 19.3. The minimum absolute atomic E-state index is 0.749. The first-order valence-corrected chi connectivity index (χ1v) is 10.9. The summed E-state index contributed by atoms with van der Waals surface area (Å²) in [5.41, 5.74) is 4.14. The van der Waals surface area contributed by atoms with Crippen LogP contribution in [-0.2, 0) is 6.54 Å². The van der Waals surface area contributed by atoms with Gasteiger partial charge in [-0.1, -0.05) is 30.3 Å². The van der Waals surface area contributed by atoms with E-state index in [4.69, 9.17) is 0 Å². The molecule has 1 aromatic carbocycles. The van der Waals surface area contributed by atoms with E-state index in [1.54, 1.807) is 0 Å². The molecule has 0 spiro atoms. The van der Waals surface area contributed by atoms with E-state index in [0.29, 0.717) is 0 Å². The average Bonchev–Trinajstić information content (AvgIpc) is 2.97. The molecule has 0 radical (unpaired) electrons. The molecular weight excluding hydrogens is 344 g/mol. The van der Waals surface area contributed by atoms with Crippen molar-refractivity contribution in [2.75, 3.05) is 44.2 Å². The monoisotopic (exact) mass is 378 g/mol. The van der Waals surface area contributed by atoms with Gasteiger partial charge in [-0.2, -0.15) is 0 Å². The molecule has 4 rings (SSSR count). The number of likely N-dealkylation sites (tertiary alicyclic amines) is 1. The lowest BCUT2D eigenvalue weighted by molar-refractivity contribution is 0.110. The summed E-state index contributed by atoms with van der Waals surface area (Å²) in [5.74, 6) is 1.14. The molecule has 1 aromatic heterocycles. The molecule has 0 aliphatic carbocycles. The predicted molar refractivity (Wildman–Crippen MR) is 117 cm³/mol. The van der Waals surface area contributed by atoms with Crippen LogP contribution in [-0.4, -0.2) is 60.1 Å². The van der Waals surface area contributed by atoms with Crippen molar-refractivity contribution < 1.29 is 0 Å². The number of hydrogen-bond acceptors (Lipinski definition) is 4. The number of aryl methyl sites for hydroxylation is 2. The number of rotatable bonds is 4. The summed E-state index contributed by atoms with van der Waals surface area (Å²) in [6.45, 7) is 12.5. The number of nitrogens with zero attached hydrogens (tertiary/aromatic N) is 4. The van der Waals surface area contributed by atoms with Gasteiger partial charge in [0, 0.05) is 45.0 Å². The Kier molecular flexibility index (Phi) is 6.28. The molecule has 4 heteroatoms. The molecule has 28 heavy (non-hydrogen) atoms. The van der Waals surface area contributed by atoms with Crippen LogP contribution < -0.4 is 4.90 Å². The summed E-state index contributed by atoms with van der Waals surface area (Å²) in [4.78, 5) is 12.5. The topological polar surface area (TPSA) is 22.6 Å². The number of aromatic nitrogens is 1. The van der Waals surface area contributed by atoms with Gasteiger partial charge in [-0.05, 0) is 69.0 Å².